The van der Waals surface area contributed by atoms with E-state index in [-0.39, 0.29) is 11.8 Å². The van der Waals surface area contributed by atoms with Crippen molar-refractivity contribution < 1.29 is 14.3 Å². The smallest absolute Gasteiger partial charge is 0.253 e. The summed E-state index contributed by atoms with van der Waals surface area (Å²) in [6.07, 6.45) is 0.102. The topological polar surface area (TPSA) is 67.4 Å². The third kappa shape index (κ3) is 5.21. The molecule has 0 aliphatic heterocycles. The van der Waals surface area contributed by atoms with Crippen molar-refractivity contribution in [2.45, 2.75) is 19.4 Å². The van der Waals surface area contributed by atoms with Crippen LogP contribution in [0.3, 0.4) is 0 Å². The molecule has 1 unspecified atom stereocenters. The lowest BCUT2D eigenvalue weighted by Gasteiger charge is -2.15. The maximum atomic E-state index is 12.3. The van der Waals surface area contributed by atoms with E-state index in [9.17, 15) is 9.59 Å². The first kappa shape index (κ1) is 17.7. The van der Waals surface area contributed by atoms with E-state index >= 15 is 0 Å². The van der Waals surface area contributed by atoms with Crippen molar-refractivity contribution >= 4 is 17.5 Å². The van der Waals surface area contributed by atoms with Crippen molar-refractivity contribution in [2.24, 2.45) is 0 Å². The number of nitrogens with one attached hydrogen (secondary N) is 2. The number of carbonyl (C=O) groups excluding carboxylic acids is 2. The van der Waals surface area contributed by atoms with Crippen LogP contribution in [0.15, 0.2) is 54.6 Å². The van der Waals surface area contributed by atoms with Crippen LogP contribution in [0.1, 0.15) is 24.2 Å². The molecule has 0 aromatic heterocycles. The summed E-state index contributed by atoms with van der Waals surface area (Å²) in [4.78, 5) is 23.2. The van der Waals surface area contributed by atoms with E-state index in [1.165, 1.54) is 14.0 Å². The molecule has 0 radical (unpaired) electrons. The van der Waals surface area contributed by atoms with E-state index in [0.29, 0.717) is 13.0 Å². The molecule has 5 heteroatoms. The second-order valence-corrected chi connectivity index (χ2v) is 5.45. The average Bonchev–Trinajstić information content (AvgIpc) is 2.58. The van der Waals surface area contributed by atoms with Crippen LogP contribution in [0.5, 0.6) is 0 Å². The van der Waals surface area contributed by atoms with Crippen molar-refractivity contribution in [3.8, 4) is 0 Å². The van der Waals surface area contributed by atoms with Gasteiger partial charge in [-0.3, -0.25) is 9.59 Å². The van der Waals surface area contributed by atoms with E-state index < -0.39 is 6.10 Å². The quantitative estimate of drug-likeness (QED) is 0.822. The molecule has 0 bridgehead atoms. The Morgan fingerprint density at radius 3 is 2.29 bits per heavy atom. The maximum absolute atomic E-state index is 12.3. The number of methoxy groups -OCH3 is 1. The minimum atomic E-state index is -0.603. The van der Waals surface area contributed by atoms with Gasteiger partial charge in [0, 0.05) is 26.3 Å². The number of ether oxygens (including phenoxy) is 1. The molecule has 0 saturated heterocycles. The molecule has 2 N–H and O–H groups in total. The third-order valence-corrected chi connectivity index (χ3v) is 3.56. The zero-order valence-electron chi connectivity index (χ0n) is 13.9. The van der Waals surface area contributed by atoms with Crippen LogP contribution in [-0.4, -0.2) is 25.5 Å². The second-order valence-electron chi connectivity index (χ2n) is 5.45. The molecule has 0 fully saturated rings. The highest BCUT2D eigenvalue weighted by Gasteiger charge is 2.18. The van der Waals surface area contributed by atoms with Crippen LogP contribution in [0, 0.1) is 0 Å². The molecular formula is C19H22N2O3. The summed E-state index contributed by atoms with van der Waals surface area (Å²) in [6.45, 7) is 1.99. The summed E-state index contributed by atoms with van der Waals surface area (Å²) in [5.74, 6) is -0.250. The summed E-state index contributed by atoms with van der Waals surface area (Å²) in [7, 11) is 1.53. The van der Waals surface area contributed by atoms with Gasteiger partial charge in [-0.2, -0.15) is 0 Å². The van der Waals surface area contributed by atoms with Gasteiger partial charge in [-0.05, 0) is 29.7 Å². The Balaban J connectivity index is 1.84. The van der Waals surface area contributed by atoms with Crippen molar-refractivity contribution in [2.75, 3.05) is 19.0 Å². The highest BCUT2D eigenvalue weighted by Crippen LogP contribution is 2.16. The Bertz CT molecular complexity index is 669. The van der Waals surface area contributed by atoms with Crippen LogP contribution in [0.4, 0.5) is 5.69 Å². The minimum absolute atomic E-state index is 0.0958. The zero-order chi connectivity index (χ0) is 17.4. The number of benzene rings is 2. The van der Waals surface area contributed by atoms with E-state index in [1.54, 1.807) is 0 Å². The van der Waals surface area contributed by atoms with Crippen LogP contribution >= 0.6 is 0 Å². The molecule has 2 amide bonds. The number of hydrogen-bond acceptors (Lipinski definition) is 3. The largest absolute Gasteiger partial charge is 0.367 e. The molecular weight excluding hydrogens is 304 g/mol. The Morgan fingerprint density at radius 1 is 1.04 bits per heavy atom. The summed E-state index contributed by atoms with van der Waals surface area (Å²) in [5, 5.41) is 5.62. The SMILES string of the molecule is COC(C(=O)NCCc1ccc(NC(C)=O)cc1)c1ccccc1. The number of rotatable bonds is 7. The first-order valence-corrected chi connectivity index (χ1v) is 7.82. The third-order valence-electron chi connectivity index (χ3n) is 3.56. The molecule has 2 aromatic carbocycles. The fraction of sp³-hybridized carbons (Fsp3) is 0.263. The van der Waals surface area contributed by atoms with Crippen LogP contribution in [-0.2, 0) is 20.7 Å². The van der Waals surface area contributed by atoms with Crippen molar-refractivity contribution in [3.63, 3.8) is 0 Å². The Morgan fingerprint density at radius 2 is 1.71 bits per heavy atom. The molecule has 0 aliphatic carbocycles. The second kappa shape index (κ2) is 8.84. The lowest BCUT2D eigenvalue weighted by Crippen LogP contribution is -2.31. The fourth-order valence-electron chi connectivity index (χ4n) is 2.40. The van der Waals surface area contributed by atoms with Crippen molar-refractivity contribution in [3.05, 3.63) is 65.7 Å². The fourth-order valence-corrected chi connectivity index (χ4v) is 2.40. The van der Waals surface area contributed by atoms with E-state index in [1.807, 2.05) is 54.6 Å². The van der Waals surface area contributed by atoms with Gasteiger partial charge in [0.15, 0.2) is 6.10 Å². The van der Waals surface area contributed by atoms with Gasteiger partial charge in [-0.25, -0.2) is 0 Å². The maximum Gasteiger partial charge on any atom is 0.253 e. The molecule has 24 heavy (non-hydrogen) atoms. The molecule has 0 saturated carbocycles. The van der Waals surface area contributed by atoms with E-state index in [0.717, 1.165) is 16.8 Å². The van der Waals surface area contributed by atoms with E-state index in [4.69, 9.17) is 4.74 Å². The Hall–Kier alpha value is -2.66. The Kier molecular flexibility index (Phi) is 6.51. The number of amides is 2. The molecule has 0 heterocycles. The predicted molar refractivity (Wildman–Crippen MR) is 93.7 cm³/mol. The van der Waals surface area contributed by atoms with Crippen molar-refractivity contribution in [1.29, 1.82) is 0 Å². The van der Waals surface area contributed by atoms with Gasteiger partial charge in [-0.1, -0.05) is 42.5 Å². The number of carbonyl (C=O) groups is 2. The van der Waals surface area contributed by atoms with Crippen LogP contribution in [0.2, 0.25) is 0 Å². The number of hydrogen-bond donors (Lipinski definition) is 2. The van der Waals surface area contributed by atoms with Gasteiger partial charge in [0.05, 0.1) is 0 Å². The molecule has 0 aliphatic rings. The minimum Gasteiger partial charge on any atom is -0.367 e. The standard InChI is InChI=1S/C19H22N2O3/c1-14(22)21-17-10-8-15(9-11-17)12-13-20-19(23)18(24-2)16-6-4-3-5-7-16/h3-11,18H,12-13H2,1-2H3,(H,20,23)(H,21,22). The lowest BCUT2D eigenvalue weighted by molar-refractivity contribution is -0.131. The van der Waals surface area contributed by atoms with Gasteiger partial charge in [-0.15, -0.1) is 0 Å². The normalized spacial score (nSPS) is 11.6. The van der Waals surface area contributed by atoms with Gasteiger partial charge >= 0.3 is 0 Å². The molecule has 5 nitrogen and oxygen atoms in total. The first-order valence-electron chi connectivity index (χ1n) is 7.82. The summed E-state index contributed by atoms with van der Waals surface area (Å²) in [5.41, 5.74) is 2.68. The van der Waals surface area contributed by atoms with E-state index in [2.05, 4.69) is 10.6 Å². The number of anilines is 1. The monoisotopic (exact) mass is 326 g/mol. The van der Waals surface area contributed by atoms with Crippen LogP contribution in [0.25, 0.3) is 0 Å². The van der Waals surface area contributed by atoms with Gasteiger partial charge in [0.1, 0.15) is 0 Å². The first-order chi connectivity index (χ1) is 11.6. The van der Waals surface area contributed by atoms with Crippen molar-refractivity contribution in [1.82, 2.24) is 5.32 Å². The lowest BCUT2D eigenvalue weighted by atomic mass is 10.1. The Labute approximate surface area is 142 Å². The summed E-state index contributed by atoms with van der Waals surface area (Å²) >= 11 is 0. The predicted octanol–water partition coefficient (Wildman–Crippen LogP) is 2.69. The average molecular weight is 326 g/mol. The highest BCUT2D eigenvalue weighted by atomic mass is 16.5. The van der Waals surface area contributed by atoms with Gasteiger partial charge in [0.25, 0.3) is 5.91 Å². The highest BCUT2D eigenvalue weighted by molar-refractivity contribution is 5.88. The van der Waals surface area contributed by atoms with Gasteiger partial charge in [0.2, 0.25) is 5.91 Å². The molecule has 2 rings (SSSR count). The van der Waals surface area contributed by atoms with Crippen LogP contribution < -0.4 is 10.6 Å². The summed E-state index contributed by atoms with van der Waals surface area (Å²) in [6, 6.07) is 17.0. The zero-order valence-corrected chi connectivity index (χ0v) is 13.9. The summed E-state index contributed by atoms with van der Waals surface area (Å²) < 4.78 is 5.30. The molecule has 0 spiro atoms. The molecule has 2 aromatic rings. The molecule has 1 atom stereocenters. The van der Waals surface area contributed by atoms with Gasteiger partial charge < -0.3 is 15.4 Å². The molecule has 126 valence electrons.